The molecule has 1 aliphatic carbocycles. The second kappa shape index (κ2) is 4.66. The fraction of sp³-hybridized carbons (Fsp3) is 0.188. The Hall–Kier alpha value is -2.47. The maximum absolute atomic E-state index is 9.05. The largest absolute Gasteiger partial charge is 0.492 e. The first-order chi connectivity index (χ1) is 9.28. The number of nitrogens with two attached hydrogens (primary N) is 1. The monoisotopic (exact) mass is 250 g/mol. The minimum atomic E-state index is 0.431. The van der Waals surface area contributed by atoms with E-state index in [1.165, 1.54) is 11.1 Å². The van der Waals surface area contributed by atoms with E-state index in [1.54, 1.807) is 18.2 Å². The van der Waals surface area contributed by atoms with Gasteiger partial charge >= 0.3 is 0 Å². The molecule has 0 amide bonds. The van der Waals surface area contributed by atoms with Gasteiger partial charge in [-0.05, 0) is 35.7 Å². The number of nitriles is 1. The summed E-state index contributed by atoms with van der Waals surface area (Å²) in [6.45, 7) is 0.607. The predicted molar refractivity (Wildman–Crippen MR) is 74.0 cm³/mol. The highest BCUT2D eigenvalue weighted by Gasteiger charge is 2.26. The molecule has 1 atom stereocenters. The summed E-state index contributed by atoms with van der Waals surface area (Å²) in [7, 11) is 0. The van der Waals surface area contributed by atoms with Gasteiger partial charge < -0.3 is 10.5 Å². The Morgan fingerprint density at radius 1 is 1.26 bits per heavy atom. The molecule has 1 unspecified atom stereocenters. The molecule has 94 valence electrons. The standard InChI is InChI=1S/C16H14N2O/c17-9-12-8-14(18)5-6-16(12)19-10-13-7-11-3-1-2-4-15(11)13/h1-6,8,13H,7,10,18H2. The average molecular weight is 250 g/mol. The SMILES string of the molecule is N#Cc1cc(N)ccc1OCC1Cc2ccccc21. The van der Waals surface area contributed by atoms with Gasteiger partial charge in [0.25, 0.3) is 0 Å². The van der Waals surface area contributed by atoms with E-state index >= 15 is 0 Å². The molecule has 2 aromatic carbocycles. The van der Waals surface area contributed by atoms with Gasteiger partial charge in [0.15, 0.2) is 0 Å². The van der Waals surface area contributed by atoms with Gasteiger partial charge in [0.05, 0.1) is 12.2 Å². The Labute approximate surface area is 112 Å². The highest BCUT2D eigenvalue weighted by Crippen LogP contribution is 2.35. The van der Waals surface area contributed by atoms with Crippen molar-refractivity contribution in [3.8, 4) is 11.8 Å². The molecular weight excluding hydrogens is 236 g/mol. The summed E-state index contributed by atoms with van der Waals surface area (Å²) in [5.41, 5.74) is 9.48. The van der Waals surface area contributed by atoms with Crippen molar-refractivity contribution in [2.24, 2.45) is 0 Å². The van der Waals surface area contributed by atoms with Crippen molar-refractivity contribution in [1.82, 2.24) is 0 Å². The quantitative estimate of drug-likeness (QED) is 0.852. The van der Waals surface area contributed by atoms with E-state index in [0.717, 1.165) is 6.42 Å². The molecule has 2 N–H and O–H groups in total. The zero-order valence-corrected chi connectivity index (χ0v) is 10.5. The van der Waals surface area contributed by atoms with Crippen LogP contribution in [0.1, 0.15) is 22.6 Å². The summed E-state index contributed by atoms with van der Waals surface area (Å²) >= 11 is 0. The Morgan fingerprint density at radius 2 is 2.11 bits per heavy atom. The lowest BCUT2D eigenvalue weighted by Gasteiger charge is -2.29. The lowest BCUT2D eigenvalue weighted by molar-refractivity contribution is 0.274. The van der Waals surface area contributed by atoms with E-state index < -0.39 is 0 Å². The molecule has 0 aliphatic heterocycles. The van der Waals surface area contributed by atoms with E-state index in [0.29, 0.717) is 29.5 Å². The van der Waals surface area contributed by atoms with Crippen LogP contribution in [-0.2, 0) is 6.42 Å². The highest BCUT2D eigenvalue weighted by molar-refractivity contribution is 5.53. The van der Waals surface area contributed by atoms with Crippen molar-refractivity contribution in [3.05, 3.63) is 59.2 Å². The molecule has 3 rings (SSSR count). The first-order valence-electron chi connectivity index (χ1n) is 6.28. The fourth-order valence-electron chi connectivity index (χ4n) is 2.46. The molecule has 0 bridgehead atoms. The van der Waals surface area contributed by atoms with Crippen LogP contribution >= 0.6 is 0 Å². The minimum absolute atomic E-state index is 0.431. The smallest absolute Gasteiger partial charge is 0.137 e. The zero-order valence-electron chi connectivity index (χ0n) is 10.5. The summed E-state index contributed by atoms with van der Waals surface area (Å²) in [5, 5.41) is 9.05. The molecule has 2 aromatic rings. The van der Waals surface area contributed by atoms with Gasteiger partial charge in [0.2, 0.25) is 0 Å². The molecule has 1 aliphatic rings. The van der Waals surface area contributed by atoms with Crippen LogP contribution in [0.3, 0.4) is 0 Å². The maximum atomic E-state index is 9.05. The van der Waals surface area contributed by atoms with Gasteiger partial charge in [0, 0.05) is 11.6 Å². The van der Waals surface area contributed by atoms with Crippen LogP contribution in [0.15, 0.2) is 42.5 Å². The summed E-state index contributed by atoms with van der Waals surface area (Å²) in [4.78, 5) is 0. The van der Waals surface area contributed by atoms with Crippen molar-refractivity contribution in [3.63, 3.8) is 0 Å². The van der Waals surface area contributed by atoms with Gasteiger partial charge in [0.1, 0.15) is 11.8 Å². The second-order valence-corrected chi connectivity index (χ2v) is 4.78. The summed E-state index contributed by atoms with van der Waals surface area (Å²) in [5.74, 6) is 1.04. The molecule has 0 fully saturated rings. The maximum Gasteiger partial charge on any atom is 0.137 e. The number of benzene rings is 2. The molecular formula is C16H14N2O. The van der Waals surface area contributed by atoms with Crippen molar-refractivity contribution in [2.45, 2.75) is 12.3 Å². The molecule has 0 heterocycles. The summed E-state index contributed by atoms with van der Waals surface area (Å²) in [6, 6.07) is 15.7. The first kappa shape index (κ1) is 11.6. The Balaban J connectivity index is 1.70. The average Bonchev–Trinajstić information content (AvgIpc) is 2.41. The Bertz CT molecular complexity index is 658. The summed E-state index contributed by atoms with van der Waals surface area (Å²) < 4.78 is 5.77. The number of nitrogen functional groups attached to an aromatic ring is 1. The van der Waals surface area contributed by atoms with Gasteiger partial charge in [-0.3, -0.25) is 0 Å². The molecule has 3 heteroatoms. The third-order valence-corrected chi connectivity index (χ3v) is 3.53. The number of anilines is 1. The number of hydrogen-bond acceptors (Lipinski definition) is 3. The third kappa shape index (κ3) is 2.13. The van der Waals surface area contributed by atoms with Crippen LogP contribution in [0.5, 0.6) is 5.75 Å². The lowest BCUT2D eigenvalue weighted by atomic mass is 9.78. The van der Waals surface area contributed by atoms with Gasteiger partial charge in [-0.2, -0.15) is 5.26 Å². The second-order valence-electron chi connectivity index (χ2n) is 4.78. The normalized spacial score (nSPS) is 16.1. The number of fused-ring (bicyclic) bond motifs is 1. The van der Waals surface area contributed by atoms with Crippen LogP contribution in [0.4, 0.5) is 5.69 Å². The predicted octanol–water partition coefficient (Wildman–Crippen LogP) is 2.86. The van der Waals surface area contributed by atoms with Gasteiger partial charge in [-0.25, -0.2) is 0 Å². The van der Waals surface area contributed by atoms with Crippen LogP contribution in [0.2, 0.25) is 0 Å². The first-order valence-corrected chi connectivity index (χ1v) is 6.28. The minimum Gasteiger partial charge on any atom is -0.492 e. The van der Waals surface area contributed by atoms with Gasteiger partial charge in [-0.15, -0.1) is 0 Å². The van der Waals surface area contributed by atoms with Crippen LogP contribution in [-0.4, -0.2) is 6.61 Å². The molecule has 0 radical (unpaired) electrons. The van der Waals surface area contributed by atoms with Crippen molar-refractivity contribution >= 4 is 5.69 Å². The molecule has 3 nitrogen and oxygen atoms in total. The van der Waals surface area contributed by atoms with E-state index in [-0.39, 0.29) is 0 Å². The molecule has 19 heavy (non-hydrogen) atoms. The summed E-state index contributed by atoms with van der Waals surface area (Å²) in [6.07, 6.45) is 1.05. The third-order valence-electron chi connectivity index (χ3n) is 3.53. The highest BCUT2D eigenvalue weighted by atomic mass is 16.5. The number of rotatable bonds is 3. The topological polar surface area (TPSA) is 59.0 Å². The molecule has 0 aromatic heterocycles. The van der Waals surface area contributed by atoms with Crippen LogP contribution < -0.4 is 10.5 Å². The Morgan fingerprint density at radius 3 is 2.89 bits per heavy atom. The van der Waals surface area contributed by atoms with E-state index in [2.05, 4.69) is 30.3 Å². The number of ether oxygens (including phenoxy) is 1. The number of nitrogens with zero attached hydrogens (tertiary/aromatic N) is 1. The van der Waals surface area contributed by atoms with E-state index in [4.69, 9.17) is 15.7 Å². The van der Waals surface area contributed by atoms with Crippen molar-refractivity contribution < 1.29 is 4.74 Å². The molecule has 0 saturated heterocycles. The lowest BCUT2D eigenvalue weighted by Crippen LogP contribution is -2.23. The number of hydrogen-bond donors (Lipinski definition) is 1. The molecule has 0 saturated carbocycles. The molecule has 0 spiro atoms. The van der Waals surface area contributed by atoms with Crippen LogP contribution in [0, 0.1) is 11.3 Å². The van der Waals surface area contributed by atoms with Crippen molar-refractivity contribution in [1.29, 1.82) is 5.26 Å². The zero-order chi connectivity index (χ0) is 13.2. The van der Waals surface area contributed by atoms with Crippen molar-refractivity contribution in [2.75, 3.05) is 12.3 Å². The van der Waals surface area contributed by atoms with E-state index in [1.807, 2.05) is 0 Å². The van der Waals surface area contributed by atoms with E-state index in [9.17, 15) is 0 Å². The van der Waals surface area contributed by atoms with Crippen LogP contribution in [0.25, 0.3) is 0 Å². The fourth-order valence-corrected chi connectivity index (χ4v) is 2.46. The van der Waals surface area contributed by atoms with Gasteiger partial charge in [-0.1, -0.05) is 24.3 Å². The Kier molecular flexibility index (Phi) is 2.85.